The van der Waals surface area contributed by atoms with Crippen molar-refractivity contribution in [2.45, 2.75) is 12.0 Å². The second-order valence-electron chi connectivity index (χ2n) is 4.33. The van der Waals surface area contributed by atoms with E-state index in [1.165, 1.54) is 0 Å². The minimum absolute atomic E-state index is 0.0224. The van der Waals surface area contributed by atoms with E-state index in [1.807, 2.05) is 0 Å². The molecule has 18 heavy (non-hydrogen) atoms. The van der Waals surface area contributed by atoms with Gasteiger partial charge in [-0.2, -0.15) is 0 Å². The molecule has 2 rings (SSSR count). The number of nitrogens with one attached hydrogen (secondary N) is 2. The van der Waals surface area contributed by atoms with Crippen LogP contribution in [0.3, 0.4) is 0 Å². The molecule has 98 valence electrons. The zero-order chi connectivity index (χ0) is 13.3. The first-order chi connectivity index (χ1) is 8.42. The van der Waals surface area contributed by atoms with E-state index >= 15 is 0 Å². The Morgan fingerprint density at radius 1 is 1.33 bits per heavy atom. The van der Waals surface area contributed by atoms with Gasteiger partial charge in [0, 0.05) is 30.9 Å². The first-order valence-electron chi connectivity index (χ1n) is 5.27. The molecule has 0 spiro atoms. The number of rotatable bonds is 4. The Morgan fingerprint density at radius 2 is 1.89 bits per heavy atom. The van der Waals surface area contributed by atoms with Gasteiger partial charge in [-0.25, -0.2) is 13.2 Å². The van der Waals surface area contributed by atoms with Gasteiger partial charge in [-0.3, -0.25) is 4.79 Å². The van der Waals surface area contributed by atoms with E-state index in [-0.39, 0.29) is 12.1 Å². The minimum atomic E-state index is -1.54. The molecular formula is C11H11F3N2O2. The predicted octanol–water partition coefficient (Wildman–Crippen LogP) is 1.33. The highest BCUT2D eigenvalue weighted by molar-refractivity contribution is 5.70. The van der Waals surface area contributed by atoms with Gasteiger partial charge in [-0.05, 0) is 0 Å². The molecular weight excluding hydrogens is 249 g/mol. The summed E-state index contributed by atoms with van der Waals surface area (Å²) in [7, 11) is 0. The van der Waals surface area contributed by atoms with E-state index in [0.29, 0.717) is 13.1 Å². The Morgan fingerprint density at radius 3 is 2.28 bits per heavy atom. The van der Waals surface area contributed by atoms with Crippen LogP contribution in [0.2, 0.25) is 0 Å². The van der Waals surface area contributed by atoms with Gasteiger partial charge in [0.1, 0.15) is 0 Å². The average Bonchev–Trinajstić information content (AvgIpc) is 2.22. The summed E-state index contributed by atoms with van der Waals surface area (Å²) in [6, 6.07) is 1.61. The number of halogens is 3. The third kappa shape index (κ3) is 2.40. The van der Waals surface area contributed by atoms with Crippen molar-refractivity contribution >= 4 is 11.7 Å². The Hall–Kier alpha value is -1.76. The Bertz CT molecular complexity index is 466. The van der Waals surface area contributed by atoms with Crippen LogP contribution in [-0.2, 0) is 4.79 Å². The van der Waals surface area contributed by atoms with Gasteiger partial charge >= 0.3 is 5.97 Å². The summed E-state index contributed by atoms with van der Waals surface area (Å²) in [5.74, 6) is -5.18. The van der Waals surface area contributed by atoms with E-state index in [2.05, 4.69) is 10.6 Å². The number of aliphatic carboxylic acids is 1. The van der Waals surface area contributed by atoms with Gasteiger partial charge in [0.25, 0.3) is 0 Å². The quantitative estimate of drug-likeness (QED) is 0.715. The van der Waals surface area contributed by atoms with Crippen LogP contribution in [0, 0.1) is 17.5 Å². The average molecular weight is 260 g/mol. The molecule has 1 fully saturated rings. The van der Waals surface area contributed by atoms with E-state index in [9.17, 15) is 18.0 Å². The van der Waals surface area contributed by atoms with Gasteiger partial charge in [-0.15, -0.1) is 0 Å². The van der Waals surface area contributed by atoms with E-state index < -0.39 is 29.0 Å². The molecule has 0 radical (unpaired) electrons. The summed E-state index contributed by atoms with van der Waals surface area (Å²) >= 11 is 0. The molecule has 0 atom stereocenters. The van der Waals surface area contributed by atoms with Crippen molar-refractivity contribution in [3.63, 3.8) is 0 Å². The lowest BCUT2D eigenvalue weighted by molar-refractivity contribution is -0.138. The number of hydrogen-bond donors (Lipinski definition) is 3. The number of carboxylic acid groups (broad SMARTS) is 1. The lowest BCUT2D eigenvalue weighted by atomic mass is 9.88. The molecule has 0 aromatic heterocycles. The lowest BCUT2D eigenvalue weighted by Crippen LogP contribution is -2.65. The van der Waals surface area contributed by atoms with Crippen LogP contribution in [0.1, 0.15) is 6.42 Å². The van der Waals surface area contributed by atoms with Crippen LogP contribution in [0.15, 0.2) is 12.1 Å². The maximum Gasteiger partial charge on any atom is 0.305 e. The molecule has 1 aliphatic rings. The van der Waals surface area contributed by atoms with E-state index in [4.69, 9.17) is 5.11 Å². The zero-order valence-corrected chi connectivity index (χ0v) is 9.27. The SMILES string of the molecule is O=C(O)CC1(Nc2cc(F)c(F)c(F)c2)CNC1. The topological polar surface area (TPSA) is 61.4 Å². The van der Waals surface area contributed by atoms with Crippen molar-refractivity contribution in [3.05, 3.63) is 29.6 Å². The molecule has 1 aromatic carbocycles. The Labute approximate surface area is 101 Å². The predicted molar refractivity (Wildman–Crippen MR) is 57.8 cm³/mol. The molecule has 0 aliphatic carbocycles. The van der Waals surface area contributed by atoms with E-state index in [1.54, 1.807) is 0 Å². The molecule has 3 N–H and O–H groups in total. The number of benzene rings is 1. The Kier molecular flexibility index (Phi) is 3.16. The summed E-state index contributed by atoms with van der Waals surface area (Å²) in [5, 5.41) is 14.4. The highest BCUT2D eigenvalue weighted by Crippen LogP contribution is 2.25. The second kappa shape index (κ2) is 4.49. The highest BCUT2D eigenvalue weighted by atomic mass is 19.2. The second-order valence-corrected chi connectivity index (χ2v) is 4.33. The van der Waals surface area contributed by atoms with Crippen LogP contribution >= 0.6 is 0 Å². The molecule has 1 saturated heterocycles. The van der Waals surface area contributed by atoms with E-state index in [0.717, 1.165) is 12.1 Å². The third-order valence-electron chi connectivity index (χ3n) is 2.81. The normalized spacial score (nSPS) is 17.1. The van der Waals surface area contributed by atoms with Crippen molar-refractivity contribution in [3.8, 4) is 0 Å². The third-order valence-corrected chi connectivity index (χ3v) is 2.81. The lowest BCUT2D eigenvalue weighted by Gasteiger charge is -2.43. The van der Waals surface area contributed by atoms with Crippen molar-refractivity contribution in [2.24, 2.45) is 0 Å². The molecule has 0 saturated carbocycles. The summed E-state index contributed by atoms with van der Waals surface area (Å²) in [6.07, 6.45) is -0.194. The van der Waals surface area contributed by atoms with Crippen LogP contribution < -0.4 is 10.6 Å². The maximum atomic E-state index is 13.0. The van der Waals surface area contributed by atoms with Crippen molar-refractivity contribution in [2.75, 3.05) is 18.4 Å². The summed E-state index contributed by atoms with van der Waals surface area (Å²) in [5.41, 5.74) is -0.767. The Balaban J connectivity index is 2.20. The number of anilines is 1. The van der Waals surface area contributed by atoms with Crippen molar-refractivity contribution in [1.29, 1.82) is 0 Å². The molecule has 1 aliphatic heterocycles. The van der Waals surface area contributed by atoms with Crippen molar-refractivity contribution < 1.29 is 23.1 Å². The number of carbonyl (C=O) groups is 1. The zero-order valence-electron chi connectivity index (χ0n) is 9.27. The van der Waals surface area contributed by atoms with Crippen LogP contribution in [0.25, 0.3) is 0 Å². The molecule has 0 unspecified atom stereocenters. The van der Waals surface area contributed by atoms with Gasteiger partial charge in [0.2, 0.25) is 0 Å². The minimum Gasteiger partial charge on any atom is -0.481 e. The fourth-order valence-corrected chi connectivity index (χ4v) is 1.91. The first kappa shape index (κ1) is 12.7. The van der Waals surface area contributed by atoms with Gasteiger partial charge < -0.3 is 15.7 Å². The molecule has 4 nitrogen and oxygen atoms in total. The molecule has 0 bridgehead atoms. The van der Waals surface area contributed by atoms with Gasteiger partial charge in [-0.1, -0.05) is 0 Å². The summed E-state index contributed by atoms with van der Waals surface area (Å²) in [6.45, 7) is 0.722. The van der Waals surface area contributed by atoms with Crippen LogP contribution in [-0.4, -0.2) is 29.7 Å². The molecule has 1 aromatic rings. The number of hydrogen-bond acceptors (Lipinski definition) is 3. The molecule has 7 heteroatoms. The smallest absolute Gasteiger partial charge is 0.305 e. The fraction of sp³-hybridized carbons (Fsp3) is 0.364. The number of carboxylic acids is 1. The van der Waals surface area contributed by atoms with Gasteiger partial charge in [0.15, 0.2) is 17.5 Å². The first-order valence-corrected chi connectivity index (χ1v) is 5.27. The monoisotopic (exact) mass is 260 g/mol. The summed E-state index contributed by atoms with van der Waals surface area (Å²) < 4.78 is 38.8. The summed E-state index contributed by atoms with van der Waals surface area (Å²) in [4.78, 5) is 10.7. The molecule has 0 amide bonds. The van der Waals surface area contributed by atoms with Crippen molar-refractivity contribution in [1.82, 2.24) is 5.32 Å². The standard InChI is InChI=1S/C11H11F3N2O2/c12-7-1-6(2-8(13)10(7)14)16-11(3-9(17)18)4-15-5-11/h1-2,15-16H,3-5H2,(H,17,18). The van der Waals surface area contributed by atoms with Crippen LogP contribution in [0.4, 0.5) is 18.9 Å². The highest BCUT2D eigenvalue weighted by Gasteiger charge is 2.39. The fourth-order valence-electron chi connectivity index (χ4n) is 1.91. The largest absolute Gasteiger partial charge is 0.481 e. The van der Waals surface area contributed by atoms with Gasteiger partial charge in [0.05, 0.1) is 12.0 Å². The van der Waals surface area contributed by atoms with Crippen LogP contribution in [0.5, 0.6) is 0 Å². The molecule has 1 heterocycles. The maximum absolute atomic E-state index is 13.0.